The fourth-order valence-electron chi connectivity index (χ4n) is 3.39. The summed E-state index contributed by atoms with van der Waals surface area (Å²) in [5.41, 5.74) is 4.61. The van der Waals surface area contributed by atoms with Crippen molar-refractivity contribution in [2.75, 3.05) is 20.1 Å². The second-order valence-electron chi connectivity index (χ2n) is 7.93. The Balaban J connectivity index is 1.68. The summed E-state index contributed by atoms with van der Waals surface area (Å²) >= 11 is 0. The maximum Gasteiger partial charge on any atom is 0.325 e. The third-order valence-corrected chi connectivity index (χ3v) is 5.31. The van der Waals surface area contributed by atoms with Crippen LogP contribution in [0, 0.1) is 0 Å². The number of likely N-dealkylation sites (N-methyl/N-ethyl adjacent to an activating group) is 1. The third kappa shape index (κ3) is 5.22. The average Bonchev–Trinajstić information content (AvgIpc) is 2.75. The number of rotatable bonds is 8. The standard InChI is InChI=1S/C26H27NO3/c1-26(2,22-7-5-4-6-8-22)23-13-9-20(10-14-23)21-11-15-24(16-12-21)30-25(29)19-27(3)17-18-28/h4-16,18H,17,19H2,1-3H3. The number of benzene rings is 3. The van der Waals surface area contributed by atoms with Crippen LogP contribution in [-0.4, -0.2) is 37.3 Å². The van der Waals surface area contributed by atoms with Gasteiger partial charge in [-0.1, -0.05) is 80.6 Å². The van der Waals surface area contributed by atoms with Gasteiger partial charge < -0.3 is 9.53 Å². The Kier molecular flexibility index (Phi) is 6.80. The average molecular weight is 402 g/mol. The van der Waals surface area contributed by atoms with Gasteiger partial charge in [-0.15, -0.1) is 0 Å². The smallest absolute Gasteiger partial charge is 0.325 e. The first kappa shape index (κ1) is 21.5. The van der Waals surface area contributed by atoms with Crippen LogP contribution in [0.4, 0.5) is 0 Å². The zero-order chi connectivity index (χ0) is 21.6. The molecule has 0 amide bonds. The molecule has 0 saturated heterocycles. The number of carbonyl (C=O) groups is 2. The van der Waals surface area contributed by atoms with E-state index in [-0.39, 0.29) is 24.5 Å². The Hall–Kier alpha value is -3.24. The molecular weight excluding hydrogens is 374 g/mol. The lowest BCUT2D eigenvalue weighted by atomic mass is 9.78. The maximum absolute atomic E-state index is 11.9. The molecule has 3 rings (SSSR count). The molecule has 0 atom stereocenters. The molecule has 154 valence electrons. The highest BCUT2D eigenvalue weighted by atomic mass is 16.5. The predicted molar refractivity (Wildman–Crippen MR) is 120 cm³/mol. The fourth-order valence-corrected chi connectivity index (χ4v) is 3.39. The Morgan fingerprint density at radius 1 is 0.867 bits per heavy atom. The van der Waals surface area contributed by atoms with Crippen molar-refractivity contribution >= 4 is 12.3 Å². The number of carbonyl (C=O) groups excluding carboxylic acids is 2. The predicted octanol–water partition coefficient (Wildman–Crippen LogP) is 4.72. The molecule has 0 aliphatic heterocycles. The van der Waals surface area contributed by atoms with Gasteiger partial charge in [0, 0.05) is 5.41 Å². The van der Waals surface area contributed by atoms with E-state index < -0.39 is 0 Å². The van der Waals surface area contributed by atoms with Crippen molar-refractivity contribution in [3.63, 3.8) is 0 Å². The Labute approximate surface area is 178 Å². The van der Waals surface area contributed by atoms with Crippen molar-refractivity contribution in [2.45, 2.75) is 19.3 Å². The normalized spacial score (nSPS) is 11.3. The lowest BCUT2D eigenvalue weighted by molar-refractivity contribution is -0.135. The molecule has 0 aliphatic carbocycles. The summed E-state index contributed by atoms with van der Waals surface area (Å²) in [6.45, 7) is 4.73. The minimum atomic E-state index is -0.389. The van der Waals surface area contributed by atoms with E-state index in [0.717, 1.165) is 17.4 Å². The van der Waals surface area contributed by atoms with E-state index >= 15 is 0 Å². The summed E-state index contributed by atoms with van der Waals surface area (Å²) in [7, 11) is 1.70. The van der Waals surface area contributed by atoms with E-state index in [1.807, 2.05) is 18.2 Å². The van der Waals surface area contributed by atoms with Crippen molar-refractivity contribution in [3.8, 4) is 16.9 Å². The SMILES string of the molecule is CN(CC=O)CC(=O)Oc1ccc(-c2ccc(C(C)(C)c3ccccc3)cc2)cc1. The third-order valence-electron chi connectivity index (χ3n) is 5.31. The Bertz CT molecular complexity index is 977. The van der Waals surface area contributed by atoms with Gasteiger partial charge in [-0.2, -0.15) is 0 Å². The van der Waals surface area contributed by atoms with Crippen LogP contribution in [0.2, 0.25) is 0 Å². The van der Waals surface area contributed by atoms with Crippen LogP contribution in [0.15, 0.2) is 78.9 Å². The summed E-state index contributed by atoms with van der Waals surface area (Å²) in [6, 6.07) is 26.5. The lowest BCUT2D eigenvalue weighted by Gasteiger charge is -2.26. The van der Waals surface area contributed by atoms with Crippen LogP contribution < -0.4 is 4.74 Å². The number of hydrogen-bond acceptors (Lipinski definition) is 4. The first-order chi connectivity index (χ1) is 14.4. The molecule has 4 nitrogen and oxygen atoms in total. The van der Waals surface area contributed by atoms with E-state index in [0.29, 0.717) is 5.75 Å². The van der Waals surface area contributed by atoms with Gasteiger partial charge in [-0.05, 0) is 41.4 Å². The summed E-state index contributed by atoms with van der Waals surface area (Å²) < 4.78 is 5.34. The number of aldehydes is 1. The number of ether oxygens (including phenoxy) is 1. The highest BCUT2D eigenvalue weighted by Gasteiger charge is 2.22. The van der Waals surface area contributed by atoms with Gasteiger partial charge in [0.05, 0.1) is 13.1 Å². The minimum absolute atomic E-state index is 0.0686. The molecule has 3 aromatic carbocycles. The highest BCUT2D eigenvalue weighted by molar-refractivity contribution is 5.75. The first-order valence-corrected chi connectivity index (χ1v) is 9.99. The van der Waals surface area contributed by atoms with Crippen molar-refractivity contribution in [1.29, 1.82) is 0 Å². The topological polar surface area (TPSA) is 46.6 Å². The number of hydrogen-bond donors (Lipinski definition) is 0. The van der Waals surface area contributed by atoms with Crippen molar-refractivity contribution < 1.29 is 14.3 Å². The molecule has 30 heavy (non-hydrogen) atoms. The molecule has 0 heterocycles. The Morgan fingerprint density at radius 3 is 1.97 bits per heavy atom. The molecule has 4 heteroatoms. The van der Waals surface area contributed by atoms with Gasteiger partial charge in [-0.25, -0.2) is 0 Å². The second kappa shape index (κ2) is 9.51. The maximum atomic E-state index is 11.9. The van der Waals surface area contributed by atoms with E-state index in [9.17, 15) is 9.59 Å². The molecule has 3 aromatic rings. The van der Waals surface area contributed by atoms with Gasteiger partial charge in [0.1, 0.15) is 12.0 Å². The fraction of sp³-hybridized carbons (Fsp3) is 0.231. The zero-order valence-corrected chi connectivity index (χ0v) is 17.7. The van der Waals surface area contributed by atoms with Crippen LogP contribution in [0.3, 0.4) is 0 Å². The molecule has 0 aromatic heterocycles. The molecule has 0 radical (unpaired) electrons. The first-order valence-electron chi connectivity index (χ1n) is 9.99. The van der Waals surface area contributed by atoms with Crippen molar-refractivity contribution in [3.05, 3.63) is 90.0 Å². The van der Waals surface area contributed by atoms with Gasteiger partial charge in [0.15, 0.2) is 0 Å². The highest BCUT2D eigenvalue weighted by Crippen LogP contribution is 2.33. The summed E-state index contributed by atoms with van der Waals surface area (Å²) in [6.07, 6.45) is 0.758. The van der Waals surface area contributed by atoms with E-state index in [1.54, 1.807) is 24.1 Å². The van der Waals surface area contributed by atoms with Crippen molar-refractivity contribution in [1.82, 2.24) is 4.90 Å². The van der Waals surface area contributed by atoms with Crippen LogP contribution >= 0.6 is 0 Å². The molecule has 0 unspecified atom stereocenters. The van der Waals surface area contributed by atoms with E-state index in [2.05, 4.69) is 62.4 Å². The molecule has 0 aliphatic rings. The molecule has 0 bridgehead atoms. The quantitative estimate of drug-likeness (QED) is 0.311. The van der Waals surface area contributed by atoms with Gasteiger partial charge >= 0.3 is 5.97 Å². The van der Waals surface area contributed by atoms with E-state index in [4.69, 9.17) is 4.74 Å². The number of nitrogens with zero attached hydrogens (tertiary/aromatic N) is 1. The lowest BCUT2D eigenvalue weighted by Crippen LogP contribution is -2.30. The van der Waals surface area contributed by atoms with Crippen LogP contribution in [-0.2, 0) is 15.0 Å². The largest absolute Gasteiger partial charge is 0.426 e. The second-order valence-corrected chi connectivity index (χ2v) is 7.93. The Morgan fingerprint density at radius 2 is 1.40 bits per heavy atom. The molecule has 0 N–H and O–H groups in total. The molecule has 0 saturated carbocycles. The molecule has 0 spiro atoms. The summed E-state index contributed by atoms with van der Waals surface area (Å²) in [5, 5.41) is 0. The van der Waals surface area contributed by atoms with Gasteiger partial charge in [0.2, 0.25) is 0 Å². The van der Waals surface area contributed by atoms with Crippen molar-refractivity contribution in [2.24, 2.45) is 0 Å². The molecular formula is C26H27NO3. The minimum Gasteiger partial charge on any atom is -0.426 e. The van der Waals surface area contributed by atoms with Crippen LogP contribution in [0.25, 0.3) is 11.1 Å². The van der Waals surface area contributed by atoms with Gasteiger partial charge in [0.25, 0.3) is 0 Å². The van der Waals surface area contributed by atoms with Gasteiger partial charge in [-0.3, -0.25) is 9.69 Å². The summed E-state index contributed by atoms with van der Waals surface area (Å²) in [4.78, 5) is 24.0. The van der Waals surface area contributed by atoms with Crippen LogP contribution in [0.5, 0.6) is 5.75 Å². The van der Waals surface area contributed by atoms with Crippen LogP contribution in [0.1, 0.15) is 25.0 Å². The van der Waals surface area contributed by atoms with E-state index in [1.165, 1.54) is 11.1 Å². The molecule has 0 fully saturated rings. The summed E-state index contributed by atoms with van der Waals surface area (Å²) in [5.74, 6) is 0.102. The zero-order valence-electron chi connectivity index (χ0n) is 17.7. The monoisotopic (exact) mass is 401 g/mol. The number of esters is 1.